The summed E-state index contributed by atoms with van der Waals surface area (Å²) in [5.41, 5.74) is 13.7. The molecule has 0 saturated heterocycles. The summed E-state index contributed by atoms with van der Waals surface area (Å²) in [4.78, 5) is 4.78. The van der Waals surface area contributed by atoms with Crippen molar-refractivity contribution in [1.29, 1.82) is 0 Å². The van der Waals surface area contributed by atoms with Crippen molar-refractivity contribution < 1.29 is 0 Å². The van der Waals surface area contributed by atoms with Crippen molar-refractivity contribution in [1.82, 2.24) is 25.3 Å². The van der Waals surface area contributed by atoms with E-state index in [2.05, 4.69) is 26.7 Å². The number of aliphatic imine (C=N–C) groups is 1. The molecule has 8 heteroatoms. The lowest BCUT2D eigenvalue weighted by atomic mass is 9.92. The van der Waals surface area contributed by atoms with Gasteiger partial charge >= 0.3 is 0 Å². The molecule has 0 saturated carbocycles. The molecular formula is C23H26ClN7. The number of rotatable bonds is 6. The van der Waals surface area contributed by atoms with Crippen LogP contribution < -0.4 is 11.1 Å². The number of H-pyrrole nitrogens is 1. The second kappa shape index (κ2) is 8.53. The molecule has 4 rings (SSSR count). The van der Waals surface area contributed by atoms with Gasteiger partial charge in [0.15, 0.2) is 0 Å². The topological polar surface area (TPSA) is 96.9 Å². The third-order valence-corrected chi connectivity index (χ3v) is 6.00. The van der Waals surface area contributed by atoms with Crippen LogP contribution >= 0.6 is 11.6 Å². The summed E-state index contributed by atoms with van der Waals surface area (Å²) in [7, 11) is 3.83. The van der Waals surface area contributed by atoms with Gasteiger partial charge in [-0.1, -0.05) is 17.7 Å². The fourth-order valence-electron chi connectivity index (χ4n) is 3.85. The monoisotopic (exact) mass is 435 g/mol. The summed E-state index contributed by atoms with van der Waals surface area (Å²) in [6.07, 6.45) is 3.63. The molecule has 0 fully saturated rings. The van der Waals surface area contributed by atoms with Gasteiger partial charge < -0.3 is 11.1 Å². The van der Waals surface area contributed by atoms with Crippen LogP contribution in [0, 0.1) is 6.92 Å². The van der Waals surface area contributed by atoms with E-state index in [0.717, 1.165) is 56.3 Å². The van der Waals surface area contributed by atoms with Gasteiger partial charge in [-0.2, -0.15) is 10.2 Å². The number of nitrogens with two attached hydrogens (primary N) is 1. The van der Waals surface area contributed by atoms with Gasteiger partial charge in [0.05, 0.1) is 35.0 Å². The average Bonchev–Trinajstić information content (AvgIpc) is 3.37. The first-order chi connectivity index (χ1) is 14.9. The molecule has 4 N–H and O–H groups in total. The molecule has 2 heterocycles. The SMILES string of the molecule is CNCCN=C(C)/C(=C(\N)c1ccc2c(cnn2C)c1)c1c(Cl)c(C)cc2[nH]ncc12. The predicted molar refractivity (Wildman–Crippen MR) is 129 cm³/mol. The number of aromatic nitrogens is 4. The average molecular weight is 436 g/mol. The van der Waals surface area contributed by atoms with Crippen LogP contribution in [-0.2, 0) is 7.05 Å². The molecule has 160 valence electrons. The lowest BCUT2D eigenvalue weighted by molar-refractivity contribution is 0.797. The van der Waals surface area contributed by atoms with E-state index in [9.17, 15) is 0 Å². The molecule has 0 aliphatic heterocycles. The number of hydrogen-bond donors (Lipinski definition) is 3. The van der Waals surface area contributed by atoms with E-state index in [0.29, 0.717) is 17.3 Å². The summed E-state index contributed by atoms with van der Waals surface area (Å²) < 4.78 is 1.84. The van der Waals surface area contributed by atoms with Crippen LogP contribution in [0.3, 0.4) is 0 Å². The van der Waals surface area contributed by atoms with Gasteiger partial charge in [-0.25, -0.2) is 0 Å². The maximum absolute atomic E-state index is 6.85. The number of aromatic amines is 1. The van der Waals surface area contributed by atoms with E-state index in [1.165, 1.54) is 0 Å². The Bertz CT molecular complexity index is 1330. The van der Waals surface area contributed by atoms with E-state index in [-0.39, 0.29) is 0 Å². The first-order valence-electron chi connectivity index (χ1n) is 10.1. The molecular weight excluding hydrogens is 410 g/mol. The summed E-state index contributed by atoms with van der Waals surface area (Å²) in [6, 6.07) is 8.09. The van der Waals surface area contributed by atoms with Crippen LogP contribution in [0.5, 0.6) is 0 Å². The van der Waals surface area contributed by atoms with Crippen molar-refractivity contribution in [3.63, 3.8) is 0 Å². The molecule has 0 bridgehead atoms. The number of hydrogen-bond acceptors (Lipinski definition) is 5. The largest absolute Gasteiger partial charge is 0.398 e. The van der Waals surface area contributed by atoms with Gasteiger partial charge in [0, 0.05) is 46.9 Å². The first kappa shape index (κ1) is 21.1. The van der Waals surface area contributed by atoms with Crippen LogP contribution in [0.15, 0.2) is 41.7 Å². The third kappa shape index (κ3) is 3.82. The summed E-state index contributed by atoms with van der Waals surface area (Å²) in [5.74, 6) is 0. The van der Waals surface area contributed by atoms with Crippen molar-refractivity contribution in [2.75, 3.05) is 20.1 Å². The minimum Gasteiger partial charge on any atom is -0.398 e. The highest BCUT2D eigenvalue weighted by Crippen LogP contribution is 2.37. The highest BCUT2D eigenvalue weighted by molar-refractivity contribution is 6.40. The van der Waals surface area contributed by atoms with Crippen LogP contribution in [0.4, 0.5) is 0 Å². The standard InChI is InChI=1S/C23H26ClN7/c1-13-9-18-17(12-28-30-18)21(22(13)24)20(14(2)27-8-7-26-3)23(25)15-5-6-19-16(10-15)11-29-31(19)4/h5-6,9-12,26H,7-8,25H2,1-4H3,(H,28,30)/b23-20+,27-14?. The highest BCUT2D eigenvalue weighted by atomic mass is 35.5. The summed E-state index contributed by atoms with van der Waals surface area (Å²) >= 11 is 6.85. The second-order valence-corrected chi connectivity index (χ2v) is 7.99. The van der Waals surface area contributed by atoms with Gasteiger partial charge in [0.2, 0.25) is 0 Å². The zero-order chi connectivity index (χ0) is 22.1. The molecule has 31 heavy (non-hydrogen) atoms. The van der Waals surface area contributed by atoms with Crippen LogP contribution in [0.25, 0.3) is 33.1 Å². The molecule has 0 atom stereocenters. The Balaban J connectivity index is 2.00. The molecule has 0 radical (unpaired) electrons. The van der Waals surface area contributed by atoms with Crippen LogP contribution in [-0.4, -0.2) is 45.8 Å². The number of nitrogens with zero attached hydrogens (tertiary/aromatic N) is 4. The van der Waals surface area contributed by atoms with E-state index in [1.54, 1.807) is 6.20 Å². The molecule has 7 nitrogen and oxygen atoms in total. The first-order valence-corrected chi connectivity index (χ1v) is 10.5. The Kier molecular flexibility index (Phi) is 5.80. The number of fused-ring (bicyclic) bond motifs is 2. The third-order valence-electron chi connectivity index (χ3n) is 5.51. The molecule has 0 aliphatic rings. The van der Waals surface area contributed by atoms with Crippen LogP contribution in [0.1, 0.15) is 23.6 Å². The van der Waals surface area contributed by atoms with Crippen molar-refractivity contribution in [2.45, 2.75) is 13.8 Å². The quantitative estimate of drug-likeness (QED) is 0.243. The van der Waals surface area contributed by atoms with Gasteiger partial charge in [-0.3, -0.25) is 14.8 Å². The fraction of sp³-hybridized carbons (Fsp3) is 0.261. The molecule has 0 spiro atoms. The zero-order valence-electron chi connectivity index (χ0n) is 18.1. The highest BCUT2D eigenvalue weighted by Gasteiger charge is 2.21. The normalized spacial score (nSPS) is 13.3. The smallest absolute Gasteiger partial charge is 0.0679 e. The number of allylic oxidation sites excluding steroid dienone is 1. The minimum atomic E-state index is 0.617. The molecule has 0 unspecified atom stereocenters. The van der Waals surface area contributed by atoms with E-state index in [1.807, 2.05) is 57.0 Å². The van der Waals surface area contributed by atoms with Crippen molar-refractivity contribution in [3.8, 4) is 0 Å². The molecule has 4 aromatic rings. The zero-order valence-corrected chi connectivity index (χ0v) is 18.9. The predicted octanol–water partition coefficient (Wildman–Crippen LogP) is 3.92. The number of nitrogens with one attached hydrogen (secondary N) is 2. The van der Waals surface area contributed by atoms with Crippen molar-refractivity contribution in [2.24, 2.45) is 17.8 Å². The number of benzene rings is 2. The Morgan fingerprint density at radius 1 is 1.29 bits per heavy atom. The molecule has 2 aromatic heterocycles. The Labute approximate surface area is 186 Å². The maximum atomic E-state index is 6.85. The van der Waals surface area contributed by atoms with E-state index in [4.69, 9.17) is 22.3 Å². The number of halogens is 1. The molecule has 2 aromatic carbocycles. The van der Waals surface area contributed by atoms with Crippen molar-refractivity contribution >= 4 is 50.4 Å². The maximum Gasteiger partial charge on any atom is 0.0679 e. The van der Waals surface area contributed by atoms with Crippen molar-refractivity contribution in [3.05, 3.63) is 58.4 Å². The lowest BCUT2D eigenvalue weighted by Crippen LogP contribution is -2.13. The minimum absolute atomic E-state index is 0.617. The van der Waals surface area contributed by atoms with Gasteiger partial charge in [-0.15, -0.1) is 0 Å². The lowest BCUT2D eigenvalue weighted by Gasteiger charge is -2.17. The van der Waals surface area contributed by atoms with Gasteiger partial charge in [0.25, 0.3) is 0 Å². The second-order valence-electron chi connectivity index (χ2n) is 7.61. The molecule has 0 amide bonds. The Morgan fingerprint density at radius 3 is 2.87 bits per heavy atom. The van der Waals surface area contributed by atoms with Crippen LogP contribution in [0.2, 0.25) is 5.02 Å². The fourth-order valence-corrected chi connectivity index (χ4v) is 4.10. The number of aryl methyl sites for hydroxylation is 2. The number of likely N-dealkylation sites (N-methyl/N-ethyl adjacent to an activating group) is 1. The Hall–Kier alpha value is -3.16. The van der Waals surface area contributed by atoms with E-state index < -0.39 is 0 Å². The summed E-state index contributed by atoms with van der Waals surface area (Å²) in [6.45, 7) is 5.37. The summed E-state index contributed by atoms with van der Waals surface area (Å²) in [5, 5.41) is 17.3. The molecule has 0 aliphatic carbocycles. The van der Waals surface area contributed by atoms with Gasteiger partial charge in [-0.05, 0) is 50.2 Å². The Morgan fingerprint density at radius 2 is 2.10 bits per heavy atom. The van der Waals surface area contributed by atoms with E-state index >= 15 is 0 Å². The van der Waals surface area contributed by atoms with Gasteiger partial charge in [0.1, 0.15) is 0 Å².